The van der Waals surface area contributed by atoms with Crippen LogP contribution in [-0.2, 0) is 28.4 Å². The van der Waals surface area contributed by atoms with Crippen molar-refractivity contribution in [3.63, 3.8) is 0 Å². The molecule has 2 aliphatic carbocycles. The molecule has 0 spiro atoms. The van der Waals surface area contributed by atoms with Gasteiger partial charge in [0.05, 0.1) is 16.5 Å². The summed E-state index contributed by atoms with van der Waals surface area (Å²) in [5.74, 6) is -0.0865. The van der Waals surface area contributed by atoms with Crippen molar-refractivity contribution in [2.75, 3.05) is 13.2 Å². The zero-order valence-electron chi connectivity index (χ0n) is 20.2. The number of carbonyl (C=O) groups is 1. The summed E-state index contributed by atoms with van der Waals surface area (Å²) in [6.07, 6.45) is -0.884. The van der Waals surface area contributed by atoms with E-state index in [0.29, 0.717) is 44.2 Å². The zero-order valence-corrected chi connectivity index (χ0v) is 20.2. The highest BCUT2D eigenvalue weighted by atomic mass is 19.4. The molecule has 1 amide bonds. The second kappa shape index (κ2) is 10.9. The molecule has 1 aliphatic heterocycles. The molecule has 4 rings (SSSR count). The van der Waals surface area contributed by atoms with Gasteiger partial charge in [-0.25, -0.2) is 0 Å². The van der Waals surface area contributed by atoms with E-state index in [1.165, 1.54) is 0 Å². The van der Waals surface area contributed by atoms with Crippen LogP contribution in [0.1, 0.15) is 80.9 Å². The molecule has 3 fully saturated rings. The van der Waals surface area contributed by atoms with Crippen LogP contribution in [0.15, 0.2) is 18.2 Å². The van der Waals surface area contributed by atoms with Gasteiger partial charge in [-0.05, 0) is 74.6 Å². The first-order chi connectivity index (χ1) is 17.0. The summed E-state index contributed by atoms with van der Waals surface area (Å²) >= 11 is 0. The molecule has 1 aromatic carbocycles. The van der Waals surface area contributed by atoms with Gasteiger partial charge in [0.25, 0.3) is 0 Å². The van der Waals surface area contributed by atoms with Gasteiger partial charge >= 0.3 is 12.4 Å². The number of rotatable bonds is 6. The Morgan fingerprint density at radius 2 is 1.47 bits per heavy atom. The minimum Gasteiger partial charge on any atom is -0.381 e. The Balaban J connectivity index is 1.50. The van der Waals surface area contributed by atoms with E-state index in [0.717, 1.165) is 51.4 Å². The molecule has 3 aliphatic rings. The molecule has 202 valence electrons. The monoisotopic (exact) mass is 520 g/mol. The fraction of sp³-hybridized carbons (Fsp3) is 0.731. The van der Waals surface area contributed by atoms with E-state index in [1.54, 1.807) is 0 Å². The van der Waals surface area contributed by atoms with Crippen LogP contribution < -0.4 is 10.6 Å². The van der Waals surface area contributed by atoms with Gasteiger partial charge in [0.1, 0.15) is 0 Å². The number of hydrogen-bond donors (Lipinski definition) is 2. The third-order valence-electron chi connectivity index (χ3n) is 8.18. The van der Waals surface area contributed by atoms with Gasteiger partial charge in [-0.15, -0.1) is 0 Å². The summed E-state index contributed by atoms with van der Waals surface area (Å²) in [7, 11) is 0. The minimum atomic E-state index is -4.92. The van der Waals surface area contributed by atoms with Crippen LogP contribution in [-0.4, -0.2) is 31.2 Å². The van der Waals surface area contributed by atoms with E-state index < -0.39 is 28.9 Å². The molecular formula is C26H34F6N2O2. The number of alkyl halides is 6. The summed E-state index contributed by atoms with van der Waals surface area (Å²) in [4.78, 5) is 13.6. The standard InChI is InChI=1S/C26H34F6N2O2/c27-25(28,29)19-12-17(13-20(14-19)26(30,31)32)16-33-23(35)24(18-4-2-1-3-5-18)9-6-22(15-24)34-21-7-10-36-11-8-21/h12-14,18,21-22,34H,1-11,15-16H2,(H,33,35). The second-order valence-electron chi connectivity index (χ2n) is 10.6. The average molecular weight is 521 g/mol. The number of nitrogens with one attached hydrogen (secondary N) is 2. The average Bonchev–Trinajstić information content (AvgIpc) is 3.27. The van der Waals surface area contributed by atoms with Crippen molar-refractivity contribution >= 4 is 5.91 Å². The number of ether oxygens (including phenoxy) is 1. The molecule has 2 saturated carbocycles. The van der Waals surface area contributed by atoms with Crippen LogP contribution >= 0.6 is 0 Å². The molecular weight excluding hydrogens is 486 g/mol. The predicted molar refractivity (Wildman–Crippen MR) is 122 cm³/mol. The lowest BCUT2D eigenvalue weighted by Gasteiger charge is -2.39. The Bertz CT molecular complexity index is 874. The molecule has 36 heavy (non-hydrogen) atoms. The third-order valence-corrected chi connectivity index (χ3v) is 8.18. The summed E-state index contributed by atoms with van der Waals surface area (Å²) in [5.41, 5.74) is -3.60. The minimum absolute atomic E-state index is 0.110. The van der Waals surface area contributed by atoms with E-state index in [9.17, 15) is 31.1 Å². The smallest absolute Gasteiger partial charge is 0.381 e. The van der Waals surface area contributed by atoms with Crippen molar-refractivity contribution in [2.45, 2.75) is 95.2 Å². The van der Waals surface area contributed by atoms with Gasteiger partial charge in [0.2, 0.25) is 5.91 Å². The van der Waals surface area contributed by atoms with Crippen molar-refractivity contribution in [3.8, 4) is 0 Å². The van der Waals surface area contributed by atoms with Gasteiger partial charge in [-0.1, -0.05) is 19.3 Å². The first-order valence-corrected chi connectivity index (χ1v) is 12.9. The quantitative estimate of drug-likeness (QED) is 0.438. The SMILES string of the molecule is O=C(NCc1cc(C(F)(F)F)cc(C(F)(F)F)c1)C1(C2CCCCC2)CCC(NC2CCOCC2)C1. The number of halogens is 6. The van der Waals surface area contributed by atoms with E-state index in [-0.39, 0.29) is 36.0 Å². The van der Waals surface area contributed by atoms with Crippen LogP contribution in [0, 0.1) is 11.3 Å². The Morgan fingerprint density at radius 3 is 2.06 bits per heavy atom. The molecule has 2 atom stereocenters. The third kappa shape index (κ3) is 6.36. The number of hydrogen-bond acceptors (Lipinski definition) is 3. The van der Waals surface area contributed by atoms with E-state index in [4.69, 9.17) is 4.74 Å². The van der Waals surface area contributed by atoms with Gasteiger partial charge in [0.15, 0.2) is 0 Å². The lowest BCUT2D eigenvalue weighted by atomic mass is 9.66. The van der Waals surface area contributed by atoms with E-state index >= 15 is 0 Å². The molecule has 1 saturated heterocycles. The Kier molecular flexibility index (Phi) is 8.24. The molecule has 4 nitrogen and oxygen atoms in total. The Labute approximate surface area is 207 Å². The summed E-state index contributed by atoms with van der Waals surface area (Å²) < 4.78 is 84.9. The van der Waals surface area contributed by atoms with Crippen LogP contribution in [0.25, 0.3) is 0 Å². The normalized spacial score (nSPS) is 26.8. The van der Waals surface area contributed by atoms with E-state index in [2.05, 4.69) is 10.6 Å². The predicted octanol–water partition coefficient (Wildman–Crippen LogP) is 6.23. The second-order valence-corrected chi connectivity index (χ2v) is 10.6. The molecule has 0 aromatic heterocycles. The molecule has 2 unspecified atom stereocenters. The lowest BCUT2D eigenvalue weighted by Crippen LogP contribution is -2.47. The molecule has 1 aromatic rings. The van der Waals surface area contributed by atoms with Crippen LogP contribution in [0.3, 0.4) is 0 Å². The fourth-order valence-corrected chi connectivity index (χ4v) is 6.31. The van der Waals surface area contributed by atoms with Crippen LogP contribution in [0.2, 0.25) is 0 Å². The maximum atomic E-state index is 13.6. The lowest BCUT2D eigenvalue weighted by molar-refractivity contribution is -0.143. The topological polar surface area (TPSA) is 50.4 Å². The largest absolute Gasteiger partial charge is 0.416 e. The number of carbonyl (C=O) groups excluding carboxylic acids is 1. The van der Waals surface area contributed by atoms with Gasteiger partial charge in [-0.3, -0.25) is 4.79 Å². The summed E-state index contributed by atoms with van der Waals surface area (Å²) in [6, 6.07) is 1.98. The highest BCUT2D eigenvalue weighted by Crippen LogP contribution is 2.50. The first-order valence-electron chi connectivity index (χ1n) is 12.9. The molecule has 0 bridgehead atoms. The fourth-order valence-electron chi connectivity index (χ4n) is 6.31. The van der Waals surface area contributed by atoms with Crippen molar-refractivity contribution < 1.29 is 35.9 Å². The summed E-state index contributed by atoms with van der Waals surface area (Å²) in [6.45, 7) is 1.03. The molecule has 2 N–H and O–H groups in total. The van der Waals surface area contributed by atoms with Gasteiger partial charge in [-0.2, -0.15) is 26.3 Å². The highest BCUT2D eigenvalue weighted by Gasteiger charge is 2.50. The molecule has 0 radical (unpaired) electrons. The van der Waals surface area contributed by atoms with Crippen LogP contribution in [0.5, 0.6) is 0 Å². The van der Waals surface area contributed by atoms with Crippen molar-refractivity contribution in [2.24, 2.45) is 11.3 Å². The van der Waals surface area contributed by atoms with E-state index in [1.807, 2.05) is 0 Å². The highest BCUT2D eigenvalue weighted by molar-refractivity contribution is 5.83. The number of amides is 1. The Hall–Kier alpha value is -1.81. The zero-order chi connectivity index (χ0) is 26.0. The van der Waals surface area contributed by atoms with Crippen LogP contribution in [0.4, 0.5) is 26.3 Å². The maximum Gasteiger partial charge on any atom is 0.416 e. The maximum absolute atomic E-state index is 13.6. The van der Waals surface area contributed by atoms with Crippen molar-refractivity contribution in [1.29, 1.82) is 0 Å². The number of benzene rings is 1. The van der Waals surface area contributed by atoms with Gasteiger partial charge in [0, 0.05) is 31.8 Å². The van der Waals surface area contributed by atoms with Crippen molar-refractivity contribution in [1.82, 2.24) is 10.6 Å². The molecule has 1 heterocycles. The van der Waals surface area contributed by atoms with Crippen molar-refractivity contribution in [3.05, 3.63) is 34.9 Å². The molecule has 10 heteroatoms. The van der Waals surface area contributed by atoms with Gasteiger partial charge < -0.3 is 15.4 Å². The first kappa shape index (κ1) is 27.2. The Morgan fingerprint density at radius 1 is 0.861 bits per heavy atom. The summed E-state index contributed by atoms with van der Waals surface area (Å²) in [5, 5.41) is 6.42.